The van der Waals surface area contributed by atoms with E-state index in [0.29, 0.717) is 57.3 Å². The van der Waals surface area contributed by atoms with Crippen LogP contribution in [0, 0.1) is 0 Å². The summed E-state index contributed by atoms with van der Waals surface area (Å²) in [6, 6.07) is 13.2. The number of aliphatic carboxylic acids is 5. The van der Waals surface area contributed by atoms with Crippen LogP contribution in [0.4, 0.5) is 0 Å². The van der Waals surface area contributed by atoms with E-state index in [1.165, 1.54) is 28.9 Å². The normalized spacial score (nSPS) is 20.2. The molecule has 42 heteroatoms. The van der Waals surface area contributed by atoms with E-state index < -0.39 is 181 Å². The lowest BCUT2D eigenvalue weighted by atomic mass is 10.0. The Balaban J connectivity index is 0.980. The molecule has 6 aromatic rings. The second-order valence-corrected chi connectivity index (χ2v) is 32.2. The van der Waals surface area contributed by atoms with Crippen LogP contribution >= 0.6 is 21.6 Å². The fourth-order valence-corrected chi connectivity index (χ4v) is 16.0. The molecule has 11 atom stereocenters. The maximum Gasteiger partial charge on any atom is 0.328 e. The highest BCUT2D eigenvalue weighted by Crippen LogP contribution is 2.28. The molecule has 0 aliphatic carbocycles. The molecule has 9 amide bonds. The summed E-state index contributed by atoms with van der Waals surface area (Å²) in [5, 5.41) is 114. The molecule has 0 spiro atoms. The first-order chi connectivity index (χ1) is 58.3. The summed E-state index contributed by atoms with van der Waals surface area (Å²) < 4.78 is 1.52. The molecule has 4 aromatic carbocycles. The predicted octanol–water partition coefficient (Wildman–Crippen LogP) is -2.00. The van der Waals surface area contributed by atoms with Crippen LogP contribution in [-0.2, 0) is 92.9 Å². The lowest BCUT2D eigenvalue weighted by Crippen LogP contribution is -2.62. The fraction of sp³-hybridized carbons (Fsp3) is 0.475. The standard InChI is InChI=1S/C80H106N18O22S2/c1-47(99)69-78(116)89-63(77(115)91-70(48(2)100)79(117)118)46-122-121-45-62(76(114)86-59(38-50-16-22-54(101)23-17-50)74(112)87-60(39-53-40-83-56-14-7-6-13-55(53)56)75(113)85-57(72(110)90-69)15-8-9-26-81)88-73(111)58(37-49-11-4-3-5-12-49)84-65(103)25-24-64(102)82-27-10-28-98-41-61(92-93-98)51-18-20-52(21-19-51)71(80(119)120)97-35-33-95(43-67(106)107)31-29-94(42-66(104)105)30-32-96(34-36-97)44-68(108)109/h3-7,11-14,16-23,40-41,47-48,57-60,62-63,69-71,83,99-101H,8-10,15,24-39,42-46,81H2,1-2H3,(H,82,102)(H,84,103)(H,85,113)(H,86,114)(H,87,112)(H,88,111)(H,89,116)(H,90,110)(H,91,115)(H,104,105)(H,106,107)(H,108,109)(H,117,118)(H,119,120)/t47?,48?,57-,58+,59-,60+,62-,63-,69-,70-,71?/m0/s1. The van der Waals surface area contributed by atoms with Crippen LogP contribution in [0.5, 0.6) is 5.75 Å². The number of aromatic hydroxyl groups is 1. The highest BCUT2D eigenvalue weighted by molar-refractivity contribution is 8.76. The zero-order chi connectivity index (χ0) is 88.5. The molecule has 20 N–H and O–H groups in total. The number of rotatable bonds is 35. The van der Waals surface area contributed by atoms with E-state index in [4.69, 9.17) is 5.73 Å². The van der Waals surface area contributed by atoms with Crippen molar-refractivity contribution < 1.29 is 108 Å². The van der Waals surface area contributed by atoms with Crippen molar-refractivity contribution in [3.8, 4) is 17.0 Å². The average Bonchev–Trinajstić information content (AvgIpc) is 1.53. The van der Waals surface area contributed by atoms with Crippen molar-refractivity contribution >= 4 is 116 Å². The second-order valence-electron chi connectivity index (χ2n) is 29.7. The molecule has 0 radical (unpaired) electrons. The Morgan fingerprint density at radius 2 is 1.16 bits per heavy atom. The van der Waals surface area contributed by atoms with Gasteiger partial charge < -0.3 is 99.4 Å². The molecule has 4 heterocycles. The number of phenolic OH excluding ortho intramolecular Hbond substituents is 1. The monoisotopic (exact) mass is 1730 g/mol. The first kappa shape index (κ1) is 95.8. The molecule has 0 saturated carbocycles. The molecular weight excluding hydrogens is 1630 g/mol. The molecule has 3 unspecified atom stereocenters. The molecule has 2 saturated heterocycles. The quantitative estimate of drug-likeness (QED) is 0.0151. The molecule has 122 heavy (non-hydrogen) atoms. The Bertz CT molecular complexity index is 4530. The summed E-state index contributed by atoms with van der Waals surface area (Å²) in [6.07, 6.45) is -0.758. The second kappa shape index (κ2) is 48.1. The van der Waals surface area contributed by atoms with Crippen molar-refractivity contribution in [3.05, 3.63) is 138 Å². The summed E-state index contributed by atoms with van der Waals surface area (Å²) >= 11 is 0. The van der Waals surface area contributed by atoms with Gasteiger partial charge in [-0.05, 0) is 86.5 Å². The highest BCUT2D eigenvalue weighted by atomic mass is 33.1. The van der Waals surface area contributed by atoms with Crippen LogP contribution in [0.2, 0.25) is 0 Å². The van der Waals surface area contributed by atoms with E-state index in [-0.39, 0.29) is 123 Å². The average molecular weight is 1740 g/mol. The molecule has 0 bridgehead atoms. The van der Waals surface area contributed by atoms with E-state index in [2.05, 4.69) is 63.1 Å². The van der Waals surface area contributed by atoms with Crippen LogP contribution in [0.3, 0.4) is 0 Å². The number of amides is 9. The number of carbonyl (C=O) groups is 14. The molecule has 2 fully saturated rings. The first-order valence-corrected chi connectivity index (χ1v) is 42.2. The van der Waals surface area contributed by atoms with Crippen LogP contribution < -0.4 is 53.6 Å². The summed E-state index contributed by atoms with van der Waals surface area (Å²) in [6.45, 7) is 2.52. The Hall–Kier alpha value is -11.6. The number of carbonyl (C=O) groups excluding carboxylic acids is 9. The van der Waals surface area contributed by atoms with Gasteiger partial charge in [0, 0.05) is 132 Å². The van der Waals surface area contributed by atoms with Crippen molar-refractivity contribution in [1.82, 2.24) is 87.4 Å². The van der Waals surface area contributed by atoms with Gasteiger partial charge in [0.15, 0.2) is 6.04 Å². The van der Waals surface area contributed by atoms with Gasteiger partial charge in [0.05, 0.1) is 38.0 Å². The lowest BCUT2D eigenvalue weighted by Gasteiger charge is -2.35. The van der Waals surface area contributed by atoms with Crippen LogP contribution in [0.25, 0.3) is 22.2 Å². The Morgan fingerprint density at radius 1 is 0.590 bits per heavy atom. The minimum absolute atomic E-state index is 0.0538. The first-order valence-electron chi connectivity index (χ1n) is 39.7. The molecule has 2 aliphatic rings. The van der Waals surface area contributed by atoms with Crippen molar-refractivity contribution in [2.75, 3.05) is 96.6 Å². The number of para-hydroxylation sites is 1. The number of phenols is 1. The van der Waals surface area contributed by atoms with Gasteiger partial charge in [0.1, 0.15) is 59.8 Å². The third kappa shape index (κ3) is 30.8. The number of H-pyrrole nitrogens is 1. The number of aryl methyl sites for hydroxylation is 1. The highest BCUT2D eigenvalue weighted by Gasteiger charge is 2.39. The van der Waals surface area contributed by atoms with Gasteiger partial charge >= 0.3 is 29.8 Å². The third-order valence-electron chi connectivity index (χ3n) is 20.3. The Morgan fingerprint density at radius 3 is 1.76 bits per heavy atom. The number of aliphatic hydroxyl groups excluding tert-OH is 2. The zero-order valence-corrected chi connectivity index (χ0v) is 68.9. The van der Waals surface area contributed by atoms with E-state index >= 15 is 14.4 Å². The molecule has 8 rings (SSSR count). The van der Waals surface area contributed by atoms with Crippen molar-refractivity contribution in [3.63, 3.8) is 0 Å². The molecular formula is C80H106N18O22S2. The molecule has 40 nitrogen and oxygen atoms in total. The van der Waals surface area contributed by atoms with Gasteiger partial charge in [-0.15, -0.1) is 5.10 Å². The van der Waals surface area contributed by atoms with Crippen molar-refractivity contribution in [1.29, 1.82) is 0 Å². The zero-order valence-electron chi connectivity index (χ0n) is 67.3. The Labute approximate surface area is 709 Å². The van der Waals surface area contributed by atoms with E-state index in [9.17, 15) is 93.6 Å². The van der Waals surface area contributed by atoms with Crippen molar-refractivity contribution in [2.45, 2.75) is 145 Å². The number of carboxylic acid groups (broad SMARTS) is 5. The number of nitrogens with two attached hydrogens (primary N) is 1. The summed E-state index contributed by atoms with van der Waals surface area (Å²) in [7, 11) is 1.66. The summed E-state index contributed by atoms with van der Waals surface area (Å²) in [5.41, 5.74) is 9.31. The molecule has 2 aliphatic heterocycles. The van der Waals surface area contributed by atoms with Gasteiger partial charge in [-0.3, -0.25) is 86.6 Å². The minimum Gasteiger partial charge on any atom is -0.508 e. The van der Waals surface area contributed by atoms with Gasteiger partial charge in [-0.25, -0.2) is 4.79 Å². The van der Waals surface area contributed by atoms with Gasteiger partial charge in [0.25, 0.3) is 0 Å². The Kier molecular flexibility index (Phi) is 37.8. The maximum atomic E-state index is 15.3. The van der Waals surface area contributed by atoms with E-state index in [1.54, 1.807) is 111 Å². The largest absolute Gasteiger partial charge is 0.508 e. The topological polar surface area (TPSA) is 595 Å². The van der Waals surface area contributed by atoms with Crippen molar-refractivity contribution in [2.24, 2.45) is 5.73 Å². The number of benzene rings is 4. The number of hydrogen-bond donors (Lipinski definition) is 19. The van der Waals surface area contributed by atoms with Crippen LogP contribution in [0.15, 0.2) is 116 Å². The smallest absolute Gasteiger partial charge is 0.328 e. The van der Waals surface area contributed by atoms with E-state index in [1.807, 2.05) is 0 Å². The number of aliphatic hydroxyl groups is 2. The number of aromatic nitrogens is 4. The number of unbranched alkanes of at least 4 members (excludes halogenated alkanes) is 1. The number of nitrogens with zero attached hydrogens (tertiary/aromatic N) is 7. The van der Waals surface area contributed by atoms with Gasteiger partial charge in [-0.2, -0.15) is 0 Å². The van der Waals surface area contributed by atoms with E-state index in [0.717, 1.165) is 35.4 Å². The molecule has 660 valence electrons. The number of hydrogen-bond acceptors (Lipinski definition) is 26. The number of nitrogens with one attached hydrogen (secondary N) is 10. The van der Waals surface area contributed by atoms with Crippen LogP contribution in [-0.4, -0.2) is 321 Å². The predicted molar refractivity (Wildman–Crippen MR) is 445 cm³/mol. The summed E-state index contributed by atoms with van der Waals surface area (Å²) in [5.74, 6) is -15.7. The third-order valence-corrected chi connectivity index (χ3v) is 22.7. The SMILES string of the molecule is CC(O)[C@H](NC(=O)[C@@H]1CSSC[C@H](NC(=O)[C@@H](Cc2ccccc2)NC(=O)CCC(=O)NCCCn2cc(-c3ccc(C(C(=O)O)N4CCN(CC(=O)O)CCN(CC(=O)O)CCN(CC(=O)O)CC4)cc3)nn2)C(=O)N[C@@H](Cc2ccc(O)cc2)C(=O)N[C@H](Cc2c[nH]c3ccccc23)C(=O)N[C@@H](CCCCN)C(=O)N[C@@H](C(C)O)C(=O)N1)C(=O)O. The molecule has 2 aromatic heterocycles. The summed E-state index contributed by atoms with van der Waals surface area (Å²) in [4.78, 5) is 201. The fourth-order valence-electron chi connectivity index (χ4n) is 13.7. The lowest BCUT2D eigenvalue weighted by molar-refractivity contribution is -0.145. The number of aromatic amines is 1. The maximum absolute atomic E-state index is 15.3. The number of carboxylic acids is 5. The van der Waals surface area contributed by atoms with Gasteiger partial charge in [-0.1, -0.05) is 112 Å². The minimum atomic E-state index is -1.91. The van der Waals surface area contributed by atoms with Gasteiger partial charge in [0.2, 0.25) is 53.2 Å². The van der Waals surface area contributed by atoms with Crippen LogP contribution in [0.1, 0.15) is 80.7 Å². The number of fused-ring (bicyclic) bond motifs is 1.